The lowest BCUT2D eigenvalue weighted by Gasteiger charge is -2.39. The molecule has 0 saturated carbocycles. The van der Waals surface area contributed by atoms with Crippen molar-refractivity contribution < 1.29 is 4.79 Å². The Morgan fingerprint density at radius 3 is 2.58 bits per heavy atom. The standard InChI is InChI=1S/C20H26N4OS/c25-20(19-14-18(22-23-19)15-4-2-1-3-5-15)21-16-6-10-24(11-7-16)17-8-12-26-13-9-17/h1-5,14,16-17H,6-13H2,(H,21,25)(H,22,23). The molecular weight excluding hydrogens is 344 g/mol. The van der Waals surface area contributed by atoms with E-state index in [0.717, 1.165) is 43.2 Å². The lowest BCUT2D eigenvalue weighted by Crippen LogP contribution is -2.48. The normalized spacial score (nSPS) is 20.2. The summed E-state index contributed by atoms with van der Waals surface area (Å²) < 4.78 is 0. The van der Waals surface area contributed by atoms with Gasteiger partial charge in [0.05, 0.1) is 5.69 Å². The van der Waals surface area contributed by atoms with Crippen molar-refractivity contribution in [3.05, 3.63) is 42.1 Å². The average Bonchev–Trinajstić information content (AvgIpc) is 3.20. The summed E-state index contributed by atoms with van der Waals surface area (Å²) in [5.41, 5.74) is 2.36. The predicted octanol–water partition coefficient (Wildman–Crippen LogP) is 3.17. The molecule has 5 nitrogen and oxygen atoms in total. The number of nitrogens with zero attached hydrogens (tertiary/aromatic N) is 2. The van der Waals surface area contributed by atoms with Crippen LogP contribution in [0.15, 0.2) is 36.4 Å². The van der Waals surface area contributed by atoms with Gasteiger partial charge in [0, 0.05) is 30.7 Å². The van der Waals surface area contributed by atoms with Crippen LogP contribution in [0.25, 0.3) is 11.3 Å². The van der Waals surface area contributed by atoms with E-state index in [4.69, 9.17) is 0 Å². The molecule has 0 atom stereocenters. The van der Waals surface area contributed by atoms with Crippen LogP contribution in [0, 0.1) is 0 Å². The van der Waals surface area contributed by atoms with Gasteiger partial charge in [-0.3, -0.25) is 9.89 Å². The molecule has 2 saturated heterocycles. The van der Waals surface area contributed by atoms with Crippen LogP contribution in [0.4, 0.5) is 0 Å². The first-order chi connectivity index (χ1) is 12.8. The summed E-state index contributed by atoms with van der Waals surface area (Å²) in [5, 5.41) is 10.3. The molecule has 2 aromatic rings. The van der Waals surface area contributed by atoms with Crippen LogP contribution in [0.5, 0.6) is 0 Å². The molecule has 1 aromatic carbocycles. The molecule has 0 bridgehead atoms. The van der Waals surface area contributed by atoms with Crippen molar-refractivity contribution in [3.63, 3.8) is 0 Å². The molecule has 1 amide bonds. The van der Waals surface area contributed by atoms with Crippen LogP contribution in [-0.2, 0) is 0 Å². The van der Waals surface area contributed by atoms with Gasteiger partial charge >= 0.3 is 0 Å². The van der Waals surface area contributed by atoms with Gasteiger partial charge in [-0.05, 0) is 43.3 Å². The molecule has 138 valence electrons. The van der Waals surface area contributed by atoms with Crippen LogP contribution < -0.4 is 5.32 Å². The van der Waals surface area contributed by atoms with Crippen molar-refractivity contribution in [2.75, 3.05) is 24.6 Å². The van der Waals surface area contributed by atoms with E-state index in [2.05, 4.69) is 32.2 Å². The first-order valence-corrected chi connectivity index (χ1v) is 10.7. The number of rotatable bonds is 4. The number of aromatic amines is 1. The Labute approximate surface area is 158 Å². The number of H-pyrrole nitrogens is 1. The second kappa shape index (κ2) is 8.27. The number of aromatic nitrogens is 2. The number of likely N-dealkylation sites (tertiary alicyclic amines) is 1. The highest BCUT2D eigenvalue weighted by atomic mass is 32.2. The van der Waals surface area contributed by atoms with Crippen LogP contribution in [0.1, 0.15) is 36.2 Å². The van der Waals surface area contributed by atoms with Crippen LogP contribution >= 0.6 is 11.8 Å². The second-order valence-corrected chi connectivity index (χ2v) is 8.38. The van der Waals surface area contributed by atoms with Gasteiger partial charge in [-0.15, -0.1) is 0 Å². The Kier molecular flexibility index (Phi) is 5.60. The van der Waals surface area contributed by atoms with E-state index >= 15 is 0 Å². The van der Waals surface area contributed by atoms with Gasteiger partial charge in [0.25, 0.3) is 5.91 Å². The molecule has 1 aromatic heterocycles. The number of hydrogen-bond donors (Lipinski definition) is 2. The molecule has 26 heavy (non-hydrogen) atoms. The Morgan fingerprint density at radius 2 is 1.85 bits per heavy atom. The third-order valence-corrected chi connectivity index (χ3v) is 6.51. The zero-order valence-electron chi connectivity index (χ0n) is 15.0. The van der Waals surface area contributed by atoms with Gasteiger partial charge in [-0.25, -0.2) is 0 Å². The number of amides is 1. The summed E-state index contributed by atoms with van der Waals surface area (Å²) in [6.45, 7) is 2.19. The van der Waals surface area contributed by atoms with Crippen LogP contribution in [0.2, 0.25) is 0 Å². The van der Waals surface area contributed by atoms with Crippen molar-refractivity contribution in [1.82, 2.24) is 20.4 Å². The lowest BCUT2D eigenvalue weighted by molar-refractivity contribution is 0.0881. The maximum absolute atomic E-state index is 12.5. The van der Waals surface area contributed by atoms with Crippen molar-refractivity contribution in [2.24, 2.45) is 0 Å². The molecule has 2 aliphatic heterocycles. The molecule has 0 radical (unpaired) electrons. The topological polar surface area (TPSA) is 61.0 Å². The number of nitrogens with one attached hydrogen (secondary N) is 2. The molecule has 0 unspecified atom stereocenters. The summed E-state index contributed by atoms with van der Waals surface area (Å²) in [6, 6.07) is 12.8. The fourth-order valence-corrected chi connectivity index (χ4v) is 5.00. The minimum absolute atomic E-state index is 0.0489. The monoisotopic (exact) mass is 370 g/mol. The highest BCUT2D eigenvalue weighted by molar-refractivity contribution is 7.99. The third-order valence-electron chi connectivity index (χ3n) is 5.46. The number of thioether (sulfide) groups is 1. The maximum atomic E-state index is 12.5. The first kappa shape index (κ1) is 17.6. The van der Waals surface area contributed by atoms with E-state index in [0.29, 0.717) is 5.69 Å². The van der Waals surface area contributed by atoms with Gasteiger partial charge in [0.1, 0.15) is 5.69 Å². The molecule has 4 rings (SSSR count). The first-order valence-electron chi connectivity index (χ1n) is 9.53. The Morgan fingerprint density at radius 1 is 1.12 bits per heavy atom. The van der Waals surface area contributed by atoms with Crippen LogP contribution in [0.3, 0.4) is 0 Å². The van der Waals surface area contributed by atoms with E-state index in [9.17, 15) is 4.79 Å². The van der Waals surface area contributed by atoms with Crippen molar-refractivity contribution in [1.29, 1.82) is 0 Å². The largest absolute Gasteiger partial charge is 0.348 e. The summed E-state index contributed by atoms with van der Waals surface area (Å²) >= 11 is 2.08. The number of benzene rings is 1. The van der Waals surface area contributed by atoms with E-state index in [1.54, 1.807) is 0 Å². The average molecular weight is 371 g/mol. The van der Waals surface area contributed by atoms with E-state index < -0.39 is 0 Å². The highest BCUT2D eigenvalue weighted by Crippen LogP contribution is 2.24. The lowest BCUT2D eigenvalue weighted by atomic mass is 10.0. The fraction of sp³-hybridized carbons (Fsp3) is 0.500. The highest BCUT2D eigenvalue weighted by Gasteiger charge is 2.27. The molecule has 2 N–H and O–H groups in total. The quantitative estimate of drug-likeness (QED) is 0.868. The van der Waals surface area contributed by atoms with Gasteiger partial charge in [0.15, 0.2) is 0 Å². The zero-order chi connectivity index (χ0) is 17.8. The molecular formula is C20H26N4OS. The SMILES string of the molecule is O=C(NC1CCN(C2CCSCC2)CC1)c1cc(-c2ccccc2)n[nH]1. The molecule has 0 spiro atoms. The number of hydrogen-bond acceptors (Lipinski definition) is 4. The summed E-state index contributed by atoms with van der Waals surface area (Å²) in [6.07, 6.45) is 4.71. The minimum atomic E-state index is -0.0489. The molecule has 0 aliphatic carbocycles. The van der Waals surface area contributed by atoms with Gasteiger partial charge in [0.2, 0.25) is 0 Å². The van der Waals surface area contributed by atoms with Gasteiger partial charge in [-0.1, -0.05) is 30.3 Å². The van der Waals surface area contributed by atoms with Gasteiger partial charge in [-0.2, -0.15) is 16.9 Å². The Balaban J connectivity index is 1.30. The van der Waals surface area contributed by atoms with E-state index in [-0.39, 0.29) is 11.9 Å². The van der Waals surface area contributed by atoms with E-state index in [1.807, 2.05) is 36.4 Å². The molecule has 2 aliphatic rings. The summed E-state index contributed by atoms with van der Waals surface area (Å²) in [4.78, 5) is 15.2. The number of carbonyl (C=O) groups excluding carboxylic acids is 1. The zero-order valence-corrected chi connectivity index (χ0v) is 15.8. The molecule has 2 fully saturated rings. The van der Waals surface area contributed by atoms with Crippen molar-refractivity contribution >= 4 is 17.7 Å². The van der Waals surface area contributed by atoms with Crippen molar-refractivity contribution in [2.45, 2.75) is 37.8 Å². The molecule has 3 heterocycles. The van der Waals surface area contributed by atoms with Crippen molar-refractivity contribution in [3.8, 4) is 11.3 Å². The number of carbonyl (C=O) groups is 1. The minimum Gasteiger partial charge on any atom is -0.348 e. The molecule has 6 heteroatoms. The summed E-state index contributed by atoms with van der Waals surface area (Å²) in [5.74, 6) is 2.54. The van der Waals surface area contributed by atoms with Gasteiger partial charge < -0.3 is 10.2 Å². The Bertz CT molecular complexity index is 718. The smallest absolute Gasteiger partial charge is 0.269 e. The van der Waals surface area contributed by atoms with E-state index in [1.165, 1.54) is 24.3 Å². The van der Waals surface area contributed by atoms with Crippen LogP contribution in [-0.4, -0.2) is 57.7 Å². The fourth-order valence-electron chi connectivity index (χ4n) is 3.92. The predicted molar refractivity (Wildman–Crippen MR) is 106 cm³/mol. The second-order valence-electron chi connectivity index (χ2n) is 7.16. The number of piperidine rings is 1. The Hall–Kier alpha value is -1.79. The maximum Gasteiger partial charge on any atom is 0.269 e. The third kappa shape index (κ3) is 4.13. The summed E-state index contributed by atoms with van der Waals surface area (Å²) in [7, 11) is 0.